The number of phenolic OH excluding ortho intramolecular Hbond substituents is 1. The summed E-state index contributed by atoms with van der Waals surface area (Å²) in [6, 6.07) is 2.86. The van der Waals surface area contributed by atoms with Crippen molar-refractivity contribution in [3.05, 3.63) is 29.3 Å². The molecule has 0 fully saturated rings. The molecule has 0 bridgehead atoms. The summed E-state index contributed by atoms with van der Waals surface area (Å²) in [4.78, 5) is 11.2. The van der Waals surface area contributed by atoms with Crippen LogP contribution in [0.15, 0.2) is 18.2 Å². The second-order valence-electron chi connectivity index (χ2n) is 4.20. The van der Waals surface area contributed by atoms with E-state index in [0.29, 0.717) is 12.5 Å². The van der Waals surface area contributed by atoms with Gasteiger partial charge in [0.1, 0.15) is 5.75 Å². The molecule has 0 saturated heterocycles. The van der Waals surface area contributed by atoms with Gasteiger partial charge in [0.25, 0.3) is 0 Å². The smallest absolute Gasteiger partial charge is 0.416 e. The first kappa shape index (κ1) is 15.3. The predicted molar refractivity (Wildman–Crippen MR) is 62.8 cm³/mol. The van der Waals surface area contributed by atoms with Gasteiger partial charge in [0.2, 0.25) is 0 Å². The van der Waals surface area contributed by atoms with E-state index in [9.17, 15) is 23.1 Å². The minimum Gasteiger partial charge on any atom is -0.508 e. The second-order valence-corrected chi connectivity index (χ2v) is 4.20. The Morgan fingerprint density at radius 2 is 2.00 bits per heavy atom. The Bertz CT molecular complexity index is 455. The third kappa shape index (κ3) is 4.15. The van der Waals surface area contributed by atoms with Gasteiger partial charge in [0.15, 0.2) is 0 Å². The zero-order valence-electron chi connectivity index (χ0n) is 10.6. The minimum atomic E-state index is -4.53. The molecule has 19 heavy (non-hydrogen) atoms. The summed E-state index contributed by atoms with van der Waals surface area (Å²) in [6.45, 7) is 1.75. The van der Waals surface area contributed by atoms with E-state index in [0.717, 1.165) is 6.07 Å². The van der Waals surface area contributed by atoms with Crippen molar-refractivity contribution in [2.24, 2.45) is 0 Å². The summed E-state index contributed by atoms with van der Waals surface area (Å²) in [6.07, 6.45) is -4.08. The van der Waals surface area contributed by atoms with E-state index in [4.69, 9.17) is 0 Å². The van der Waals surface area contributed by atoms with Crippen LogP contribution in [0.5, 0.6) is 5.75 Å². The number of methoxy groups -OCH3 is 1. The molecule has 0 spiro atoms. The average molecular weight is 276 g/mol. The van der Waals surface area contributed by atoms with E-state index in [1.54, 1.807) is 6.92 Å². The van der Waals surface area contributed by atoms with E-state index in [1.165, 1.54) is 13.2 Å². The van der Waals surface area contributed by atoms with Gasteiger partial charge in [-0.15, -0.1) is 0 Å². The molecule has 1 N–H and O–H groups in total. The average Bonchev–Trinajstić information content (AvgIpc) is 2.33. The molecule has 0 unspecified atom stereocenters. The number of esters is 1. The van der Waals surface area contributed by atoms with Gasteiger partial charge in [-0.05, 0) is 36.1 Å². The number of hydrogen-bond donors (Lipinski definition) is 1. The van der Waals surface area contributed by atoms with Crippen molar-refractivity contribution >= 4 is 5.97 Å². The van der Waals surface area contributed by atoms with Crippen LogP contribution in [0.4, 0.5) is 13.2 Å². The highest BCUT2D eigenvalue weighted by Gasteiger charge is 2.32. The standard InChI is InChI=1S/C13H15F3O3/c1-3-8(6-12(18)19-2)9-4-10(13(14,15)16)7-11(17)5-9/h4-5,7-8,17H,3,6H2,1-2H3/t8-/m0/s1. The molecule has 0 saturated carbocycles. The molecule has 0 aliphatic rings. The predicted octanol–water partition coefficient (Wildman–Crippen LogP) is 3.47. The molecule has 1 aromatic carbocycles. The first-order chi connectivity index (χ1) is 8.77. The number of halogens is 3. The van der Waals surface area contributed by atoms with Crippen LogP contribution in [0.3, 0.4) is 0 Å². The van der Waals surface area contributed by atoms with Gasteiger partial charge in [0.05, 0.1) is 19.1 Å². The number of ether oxygens (including phenoxy) is 1. The lowest BCUT2D eigenvalue weighted by atomic mass is 9.91. The maximum Gasteiger partial charge on any atom is 0.416 e. The normalized spacial score (nSPS) is 13.1. The number of phenols is 1. The fourth-order valence-corrected chi connectivity index (χ4v) is 1.82. The van der Waals surface area contributed by atoms with Gasteiger partial charge >= 0.3 is 12.1 Å². The summed E-state index contributed by atoms with van der Waals surface area (Å²) >= 11 is 0. The number of carbonyl (C=O) groups excluding carboxylic acids is 1. The van der Waals surface area contributed by atoms with E-state index < -0.39 is 29.4 Å². The zero-order chi connectivity index (χ0) is 14.6. The number of aromatic hydroxyl groups is 1. The zero-order valence-corrected chi connectivity index (χ0v) is 10.6. The Balaban J connectivity index is 3.10. The maximum atomic E-state index is 12.6. The Morgan fingerprint density at radius 3 is 2.47 bits per heavy atom. The Labute approximate surface area is 109 Å². The molecule has 1 rings (SSSR count). The van der Waals surface area contributed by atoms with Crippen molar-refractivity contribution in [2.75, 3.05) is 7.11 Å². The number of hydrogen-bond acceptors (Lipinski definition) is 3. The lowest BCUT2D eigenvalue weighted by Gasteiger charge is -2.16. The second kappa shape index (κ2) is 5.95. The van der Waals surface area contributed by atoms with E-state index in [-0.39, 0.29) is 12.0 Å². The number of alkyl halides is 3. The maximum absolute atomic E-state index is 12.6. The summed E-state index contributed by atoms with van der Waals surface area (Å²) in [5, 5.41) is 9.38. The Morgan fingerprint density at radius 1 is 1.37 bits per heavy atom. The highest BCUT2D eigenvalue weighted by Crippen LogP contribution is 2.35. The number of rotatable bonds is 4. The van der Waals surface area contributed by atoms with Gasteiger partial charge < -0.3 is 9.84 Å². The quantitative estimate of drug-likeness (QED) is 0.856. The van der Waals surface area contributed by atoms with E-state index in [2.05, 4.69) is 4.74 Å². The first-order valence-electron chi connectivity index (χ1n) is 5.75. The molecule has 1 aromatic rings. The fourth-order valence-electron chi connectivity index (χ4n) is 1.82. The molecule has 106 valence electrons. The summed E-state index contributed by atoms with van der Waals surface area (Å²) in [5.41, 5.74) is -0.647. The third-order valence-corrected chi connectivity index (χ3v) is 2.87. The van der Waals surface area contributed by atoms with Crippen LogP contribution < -0.4 is 0 Å². The van der Waals surface area contributed by atoms with Crippen molar-refractivity contribution < 1.29 is 27.8 Å². The number of benzene rings is 1. The van der Waals surface area contributed by atoms with E-state index in [1.807, 2.05) is 0 Å². The monoisotopic (exact) mass is 276 g/mol. The molecule has 0 aromatic heterocycles. The SMILES string of the molecule is CC[C@@H](CC(=O)OC)c1cc(O)cc(C(F)(F)F)c1. The molecule has 6 heteroatoms. The third-order valence-electron chi connectivity index (χ3n) is 2.87. The van der Waals surface area contributed by atoms with Gasteiger partial charge in [0, 0.05) is 0 Å². The highest BCUT2D eigenvalue weighted by molar-refractivity contribution is 5.70. The van der Waals surface area contributed by atoms with Crippen LogP contribution in [0.1, 0.15) is 36.8 Å². The van der Waals surface area contributed by atoms with Crippen LogP contribution >= 0.6 is 0 Å². The summed E-state index contributed by atoms with van der Waals surface area (Å²) in [5.74, 6) is -1.38. The molecule has 1 atom stereocenters. The molecule has 0 radical (unpaired) electrons. The topological polar surface area (TPSA) is 46.5 Å². The van der Waals surface area contributed by atoms with Crippen molar-refractivity contribution in [1.82, 2.24) is 0 Å². The van der Waals surface area contributed by atoms with Gasteiger partial charge in [-0.25, -0.2) is 0 Å². The first-order valence-corrected chi connectivity index (χ1v) is 5.75. The van der Waals surface area contributed by atoms with Gasteiger partial charge in [-0.3, -0.25) is 4.79 Å². The summed E-state index contributed by atoms with van der Waals surface area (Å²) in [7, 11) is 1.22. The van der Waals surface area contributed by atoms with Crippen molar-refractivity contribution in [2.45, 2.75) is 31.9 Å². The Hall–Kier alpha value is -1.72. The lowest BCUT2D eigenvalue weighted by Crippen LogP contribution is -2.10. The van der Waals surface area contributed by atoms with E-state index >= 15 is 0 Å². The molecule has 0 amide bonds. The molecule has 0 aliphatic heterocycles. The van der Waals surface area contributed by atoms with Crippen LogP contribution in [0.25, 0.3) is 0 Å². The van der Waals surface area contributed by atoms with Crippen LogP contribution in [0.2, 0.25) is 0 Å². The largest absolute Gasteiger partial charge is 0.508 e. The highest BCUT2D eigenvalue weighted by atomic mass is 19.4. The summed E-state index contributed by atoms with van der Waals surface area (Å²) < 4.78 is 42.4. The lowest BCUT2D eigenvalue weighted by molar-refractivity contribution is -0.141. The van der Waals surface area contributed by atoms with Crippen LogP contribution in [-0.4, -0.2) is 18.2 Å². The minimum absolute atomic E-state index is 0.0201. The van der Waals surface area contributed by atoms with Gasteiger partial charge in [-0.1, -0.05) is 6.92 Å². The van der Waals surface area contributed by atoms with Crippen LogP contribution in [0, 0.1) is 0 Å². The molecular formula is C13H15F3O3. The van der Waals surface area contributed by atoms with Crippen LogP contribution in [-0.2, 0) is 15.7 Å². The molecular weight excluding hydrogens is 261 g/mol. The van der Waals surface area contributed by atoms with Gasteiger partial charge in [-0.2, -0.15) is 13.2 Å². The molecule has 0 heterocycles. The number of carbonyl (C=O) groups is 1. The molecule has 0 aliphatic carbocycles. The Kier molecular flexibility index (Phi) is 4.80. The fraction of sp³-hybridized carbons (Fsp3) is 0.462. The van der Waals surface area contributed by atoms with Crippen molar-refractivity contribution in [1.29, 1.82) is 0 Å². The van der Waals surface area contributed by atoms with Crippen molar-refractivity contribution in [3.8, 4) is 5.75 Å². The van der Waals surface area contributed by atoms with Crippen molar-refractivity contribution in [3.63, 3.8) is 0 Å². The molecule has 3 nitrogen and oxygen atoms in total.